The first-order chi connectivity index (χ1) is 12.1. The number of Topliss-reactive ketones (excluding diaryl/α,β-unsaturated/α-hetero) is 1. The number of hydrogen-bond acceptors (Lipinski definition) is 3. The first-order valence-corrected chi connectivity index (χ1v) is 8.67. The molecule has 0 spiro atoms. The average Bonchev–Trinajstić information content (AvgIpc) is 3.02. The molecule has 0 saturated carbocycles. The standard InChI is InChI=1S/C21H25NO3/c1-4-10-18(21(24)25-5-2)20(23)19(16-11-7-6-8-12-16)15-17-13-9-14-22(17)3/h6-9,11-15,18H,4-5,10H2,1-3H3/b19-15+. The zero-order valence-electron chi connectivity index (χ0n) is 15.1. The van der Waals surface area contributed by atoms with E-state index < -0.39 is 11.9 Å². The van der Waals surface area contributed by atoms with Gasteiger partial charge in [-0.05, 0) is 37.1 Å². The van der Waals surface area contributed by atoms with Crippen molar-refractivity contribution in [3.05, 3.63) is 59.9 Å². The highest BCUT2D eigenvalue weighted by atomic mass is 16.5. The lowest BCUT2D eigenvalue weighted by atomic mass is 9.89. The first kappa shape index (κ1) is 18.7. The largest absolute Gasteiger partial charge is 0.465 e. The Morgan fingerprint density at radius 3 is 2.40 bits per heavy atom. The van der Waals surface area contributed by atoms with Crippen molar-refractivity contribution in [1.82, 2.24) is 4.57 Å². The van der Waals surface area contributed by atoms with Gasteiger partial charge >= 0.3 is 5.97 Å². The topological polar surface area (TPSA) is 48.3 Å². The Kier molecular flexibility index (Phi) is 6.75. The molecule has 1 heterocycles. The van der Waals surface area contributed by atoms with Gasteiger partial charge in [0, 0.05) is 24.5 Å². The Balaban J connectivity index is 2.47. The number of allylic oxidation sites excluding steroid dienone is 1. The molecule has 132 valence electrons. The maximum Gasteiger partial charge on any atom is 0.316 e. The molecule has 2 rings (SSSR count). The number of benzene rings is 1. The fourth-order valence-corrected chi connectivity index (χ4v) is 2.76. The van der Waals surface area contributed by atoms with Crippen LogP contribution in [0.25, 0.3) is 11.6 Å². The number of esters is 1. The van der Waals surface area contributed by atoms with E-state index in [1.54, 1.807) is 6.92 Å². The van der Waals surface area contributed by atoms with E-state index in [1.165, 1.54) is 0 Å². The summed E-state index contributed by atoms with van der Waals surface area (Å²) >= 11 is 0. The molecule has 0 aliphatic carbocycles. The van der Waals surface area contributed by atoms with Gasteiger partial charge in [0.25, 0.3) is 0 Å². The lowest BCUT2D eigenvalue weighted by molar-refractivity contribution is -0.150. The normalized spacial score (nSPS) is 12.7. The molecule has 1 aromatic heterocycles. The predicted molar refractivity (Wildman–Crippen MR) is 99.8 cm³/mol. The smallest absolute Gasteiger partial charge is 0.316 e. The molecule has 4 heteroatoms. The molecular weight excluding hydrogens is 314 g/mol. The molecule has 1 atom stereocenters. The lowest BCUT2D eigenvalue weighted by Gasteiger charge is -2.16. The van der Waals surface area contributed by atoms with E-state index >= 15 is 0 Å². The summed E-state index contributed by atoms with van der Waals surface area (Å²) in [5, 5.41) is 0. The summed E-state index contributed by atoms with van der Waals surface area (Å²) in [6, 6.07) is 13.3. The van der Waals surface area contributed by atoms with Gasteiger partial charge in [-0.1, -0.05) is 43.7 Å². The van der Waals surface area contributed by atoms with Gasteiger partial charge in [0.1, 0.15) is 5.92 Å². The Bertz CT molecular complexity index is 744. The fourth-order valence-electron chi connectivity index (χ4n) is 2.76. The van der Waals surface area contributed by atoms with Crippen LogP contribution in [0.4, 0.5) is 0 Å². The summed E-state index contributed by atoms with van der Waals surface area (Å²) in [4.78, 5) is 25.5. The summed E-state index contributed by atoms with van der Waals surface area (Å²) in [6.45, 7) is 3.99. The molecule has 1 aromatic carbocycles. The summed E-state index contributed by atoms with van der Waals surface area (Å²) < 4.78 is 7.07. The van der Waals surface area contributed by atoms with Crippen LogP contribution >= 0.6 is 0 Å². The number of aryl methyl sites for hydroxylation is 1. The predicted octanol–water partition coefficient (Wildman–Crippen LogP) is 4.11. The molecule has 0 N–H and O–H groups in total. The van der Waals surface area contributed by atoms with E-state index in [4.69, 9.17) is 4.74 Å². The zero-order chi connectivity index (χ0) is 18.2. The first-order valence-electron chi connectivity index (χ1n) is 8.67. The van der Waals surface area contributed by atoms with Crippen LogP contribution < -0.4 is 0 Å². The van der Waals surface area contributed by atoms with Gasteiger partial charge in [0.2, 0.25) is 0 Å². The second-order valence-electron chi connectivity index (χ2n) is 5.93. The molecule has 0 bridgehead atoms. The molecule has 0 radical (unpaired) electrons. The van der Waals surface area contributed by atoms with Gasteiger partial charge < -0.3 is 9.30 Å². The molecule has 0 amide bonds. The summed E-state index contributed by atoms with van der Waals surface area (Å²) in [5.74, 6) is -1.40. The maximum atomic E-state index is 13.2. The monoisotopic (exact) mass is 339 g/mol. The van der Waals surface area contributed by atoms with E-state index in [9.17, 15) is 9.59 Å². The lowest BCUT2D eigenvalue weighted by Crippen LogP contribution is -2.27. The summed E-state index contributed by atoms with van der Waals surface area (Å²) in [5.41, 5.74) is 2.25. The third kappa shape index (κ3) is 4.69. The van der Waals surface area contributed by atoms with Gasteiger partial charge in [-0.25, -0.2) is 0 Å². The number of carbonyl (C=O) groups is 2. The van der Waals surface area contributed by atoms with Crippen molar-refractivity contribution in [3.8, 4) is 0 Å². The van der Waals surface area contributed by atoms with Gasteiger partial charge in [-0.3, -0.25) is 9.59 Å². The maximum absolute atomic E-state index is 13.2. The Morgan fingerprint density at radius 2 is 1.84 bits per heavy atom. The number of ether oxygens (including phenoxy) is 1. The van der Waals surface area contributed by atoms with Crippen LogP contribution in [0.2, 0.25) is 0 Å². The highest BCUT2D eigenvalue weighted by Crippen LogP contribution is 2.25. The van der Waals surface area contributed by atoms with Crippen molar-refractivity contribution in [2.45, 2.75) is 26.7 Å². The molecule has 2 aromatic rings. The van der Waals surface area contributed by atoms with Crippen molar-refractivity contribution < 1.29 is 14.3 Å². The second kappa shape index (κ2) is 9.02. The van der Waals surface area contributed by atoms with Crippen LogP contribution in [-0.4, -0.2) is 22.9 Å². The van der Waals surface area contributed by atoms with Crippen LogP contribution in [0.1, 0.15) is 37.9 Å². The number of ketones is 1. The number of aromatic nitrogens is 1. The van der Waals surface area contributed by atoms with Crippen molar-refractivity contribution >= 4 is 23.4 Å². The zero-order valence-corrected chi connectivity index (χ0v) is 15.1. The van der Waals surface area contributed by atoms with Gasteiger partial charge in [-0.15, -0.1) is 0 Å². The summed E-state index contributed by atoms with van der Waals surface area (Å²) in [7, 11) is 1.92. The molecular formula is C21H25NO3. The van der Waals surface area contributed by atoms with Crippen LogP contribution in [0.3, 0.4) is 0 Å². The molecule has 0 fully saturated rings. The molecule has 0 aliphatic rings. The Morgan fingerprint density at radius 1 is 1.12 bits per heavy atom. The quantitative estimate of drug-likeness (QED) is 0.413. The van der Waals surface area contributed by atoms with Crippen LogP contribution in [0.5, 0.6) is 0 Å². The average molecular weight is 339 g/mol. The third-order valence-electron chi connectivity index (χ3n) is 4.09. The van der Waals surface area contributed by atoms with Gasteiger partial charge in [0.15, 0.2) is 5.78 Å². The van der Waals surface area contributed by atoms with Gasteiger partial charge in [0.05, 0.1) is 6.61 Å². The second-order valence-corrected chi connectivity index (χ2v) is 5.93. The van der Waals surface area contributed by atoms with Crippen molar-refractivity contribution in [2.24, 2.45) is 13.0 Å². The highest BCUT2D eigenvalue weighted by Gasteiger charge is 2.30. The van der Waals surface area contributed by atoms with Crippen molar-refractivity contribution in [3.63, 3.8) is 0 Å². The SMILES string of the molecule is CCCC(C(=O)OCC)C(=O)/C(=C/c1cccn1C)c1ccccc1. The number of rotatable bonds is 8. The van der Waals surface area contributed by atoms with Crippen molar-refractivity contribution in [2.75, 3.05) is 6.61 Å². The minimum Gasteiger partial charge on any atom is -0.465 e. The van der Waals surface area contributed by atoms with E-state index in [2.05, 4.69) is 0 Å². The van der Waals surface area contributed by atoms with Crippen molar-refractivity contribution in [1.29, 1.82) is 0 Å². The van der Waals surface area contributed by atoms with E-state index in [1.807, 2.05) is 73.3 Å². The number of nitrogens with zero attached hydrogens (tertiary/aromatic N) is 1. The fraction of sp³-hybridized carbons (Fsp3) is 0.333. The molecule has 25 heavy (non-hydrogen) atoms. The molecule has 1 unspecified atom stereocenters. The van der Waals surface area contributed by atoms with E-state index in [-0.39, 0.29) is 12.4 Å². The molecule has 0 aliphatic heterocycles. The van der Waals surface area contributed by atoms with Crippen LogP contribution in [0.15, 0.2) is 48.7 Å². The minimum atomic E-state index is -0.767. The Labute approximate surface area is 149 Å². The molecule has 4 nitrogen and oxygen atoms in total. The minimum absolute atomic E-state index is 0.187. The summed E-state index contributed by atoms with van der Waals surface area (Å²) in [6.07, 6.45) is 4.99. The van der Waals surface area contributed by atoms with E-state index in [0.29, 0.717) is 12.0 Å². The highest BCUT2D eigenvalue weighted by molar-refractivity contribution is 6.30. The van der Waals surface area contributed by atoms with E-state index in [0.717, 1.165) is 17.7 Å². The third-order valence-corrected chi connectivity index (χ3v) is 4.09. The number of carbonyl (C=O) groups excluding carboxylic acids is 2. The van der Waals surface area contributed by atoms with Crippen LogP contribution in [-0.2, 0) is 21.4 Å². The van der Waals surface area contributed by atoms with Crippen LogP contribution in [0, 0.1) is 5.92 Å². The molecule has 0 saturated heterocycles. The Hall–Kier alpha value is -2.62. The van der Waals surface area contributed by atoms with Gasteiger partial charge in [-0.2, -0.15) is 0 Å². The number of hydrogen-bond donors (Lipinski definition) is 0.